The Morgan fingerprint density at radius 3 is 1.41 bits per heavy atom. The van der Waals surface area contributed by atoms with Crippen molar-refractivity contribution < 1.29 is 18.0 Å². The summed E-state index contributed by atoms with van der Waals surface area (Å²) in [4.78, 5) is 0. The molecule has 4 nitrogen and oxygen atoms in total. The molecule has 0 atom stereocenters. The molecular weight excluding hydrogens is 601 g/mol. The molecule has 1 fully saturated rings. The molecule has 1 saturated heterocycles. The molecular formula is C40H48O4Si2. The number of rotatable bonds is 13. The molecule has 4 aromatic carbocycles. The summed E-state index contributed by atoms with van der Waals surface area (Å²) >= 11 is 0. The van der Waals surface area contributed by atoms with Crippen molar-refractivity contribution in [3.63, 3.8) is 0 Å². The van der Waals surface area contributed by atoms with Crippen LogP contribution in [-0.2, 0) is 5.41 Å². The highest BCUT2D eigenvalue weighted by Gasteiger charge is 2.46. The van der Waals surface area contributed by atoms with Crippen LogP contribution in [0.25, 0.3) is 12.2 Å². The van der Waals surface area contributed by atoms with E-state index in [4.69, 9.17) is 18.0 Å². The summed E-state index contributed by atoms with van der Waals surface area (Å²) in [7, 11) is -4.69. The van der Waals surface area contributed by atoms with E-state index in [1.807, 2.05) is 60.7 Å². The Balaban J connectivity index is 1.24. The van der Waals surface area contributed by atoms with Crippen LogP contribution in [0.1, 0.15) is 62.8 Å². The molecule has 0 bridgehead atoms. The second kappa shape index (κ2) is 13.4. The summed E-state index contributed by atoms with van der Waals surface area (Å²) in [5.74, 6) is 3.46. The average molecular weight is 649 g/mol. The first-order valence-electron chi connectivity index (χ1n) is 16.3. The topological polar surface area (TPSA) is 36.9 Å². The van der Waals surface area contributed by atoms with Crippen molar-refractivity contribution in [1.29, 1.82) is 0 Å². The third-order valence-corrected chi connectivity index (χ3v) is 16.7. The quantitative estimate of drug-likeness (QED) is 0.135. The Hall–Kier alpha value is -4.01. The lowest BCUT2D eigenvalue weighted by molar-refractivity contribution is 0.167. The highest BCUT2D eigenvalue weighted by atomic mass is 28.4. The SMILES string of the molecule is C=Cc1ccc(O[Si]2(Oc3ccc(C(C)(C)c4ccc(OC(C)(C)[Si](C)(C)Oc5ccc(C=C)cc5)cc4)cc3)CCCC2)cc1. The van der Waals surface area contributed by atoms with Gasteiger partial charge in [-0.1, -0.05) is 87.7 Å². The van der Waals surface area contributed by atoms with E-state index in [9.17, 15) is 0 Å². The van der Waals surface area contributed by atoms with Crippen molar-refractivity contribution in [3.8, 4) is 23.0 Å². The zero-order valence-electron chi connectivity index (χ0n) is 28.3. The zero-order chi connectivity index (χ0) is 33.0. The molecule has 0 spiro atoms. The van der Waals surface area contributed by atoms with E-state index in [1.54, 1.807) is 0 Å². The molecule has 1 aliphatic heterocycles. The predicted molar refractivity (Wildman–Crippen MR) is 197 cm³/mol. The van der Waals surface area contributed by atoms with Gasteiger partial charge in [-0.2, -0.15) is 0 Å². The van der Waals surface area contributed by atoms with Gasteiger partial charge in [-0.3, -0.25) is 0 Å². The van der Waals surface area contributed by atoms with Crippen LogP contribution < -0.4 is 18.0 Å². The lowest BCUT2D eigenvalue weighted by Crippen LogP contribution is -2.58. The van der Waals surface area contributed by atoms with Crippen LogP contribution in [-0.4, -0.2) is 22.1 Å². The van der Waals surface area contributed by atoms with Crippen molar-refractivity contribution in [2.75, 3.05) is 0 Å². The maximum atomic E-state index is 6.70. The van der Waals surface area contributed by atoms with Crippen molar-refractivity contribution in [3.05, 3.63) is 132 Å². The van der Waals surface area contributed by atoms with Gasteiger partial charge in [0.05, 0.1) is 0 Å². The molecule has 0 aromatic heterocycles. The summed E-state index contributed by atoms with van der Waals surface area (Å²) in [6.45, 7) is 20.8. The maximum Gasteiger partial charge on any atom is 0.460 e. The molecule has 0 amide bonds. The van der Waals surface area contributed by atoms with Gasteiger partial charge in [0.15, 0.2) is 0 Å². The molecule has 4 aromatic rings. The van der Waals surface area contributed by atoms with Gasteiger partial charge in [0.1, 0.15) is 28.2 Å². The number of hydrogen-bond acceptors (Lipinski definition) is 4. The Bertz CT molecular complexity index is 1620. The van der Waals surface area contributed by atoms with Gasteiger partial charge in [0, 0.05) is 17.5 Å². The molecule has 0 radical (unpaired) electrons. The number of ether oxygens (including phenoxy) is 1. The predicted octanol–water partition coefficient (Wildman–Crippen LogP) is 11.0. The van der Waals surface area contributed by atoms with Crippen LogP contribution in [0.15, 0.2) is 110 Å². The van der Waals surface area contributed by atoms with E-state index in [1.165, 1.54) is 11.1 Å². The van der Waals surface area contributed by atoms with Crippen molar-refractivity contribution in [2.24, 2.45) is 0 Å². The molecule has 1 aliphatic rings. The fourth-order valence-corrected chi connectivity index (χ4v) is 10.5. The van der Waals surface area contributed by atoms with E-state index >= 15 is 0 Å². The molecule has 46 heavy (non-hydrogen) atoms. The molecule has 0 saturated carbocycles. The smallest absolute Gasteiger partial charge is 0.460 e. The molecule has 5 rings (SSSR count). The summed E-state index contributed by atoms with van der Waals surface area (Å²) in [5.41, 5.74) is 4.40. The van der Waals surface area contributed by atoms with Crippen LogP contribution in [0, 0.1) is 0 Å². The van der Waals surface area contributed by atoms with Gasteiger partial charge in [-0.25, -0.2) is 0 Å². The van der Waals surface area contributed by atoms with Gasteiger partial charge in [0.2, 0.25) is 0 Å². The first-order chi connectivity index (χ1) is 21.8. The van der Waals surface area contributed by atoms with E-state index in [-0.39, 0.29) is 5.41 Å². The Kier molecular flexibility index (Phi) is 9.71. The van der Waals surface area contributed by atoms with Crippen LogP contribution in [0.4, 0.5) is 0 Å². The minimum Gasteiger partial charge on any atom is -0.540 e. The van der Waals surface area contributed by atoms with Gasteiger partial charge in [0.25, 0.3) is 8.32 Å². The minimum atomic E-state index is -2.38. The molecule has 0 aliphatic carbocycles. The highest BCUT2D eigenvalue weighted by molar-refractivity contribution is 6.74. The van der Waals surface area contributed by atoms with Crippen molar-refractivity contribution in [1.82, 2.24) is 0 Å². The number of hydrogen-bond donors (Lipinski definition) is 0. The van der Waals surface area contributed by atoms with Gasteiger partial charge < -0.3 is 18.0 Å². The Morgan fingerprint density at radius 2 is 0.978 bits per heavy atom. The van der Waals surface area contributed by atoms with Gasteiger partial charge in [-0.05, 0) is 111 Å². The van der Waals surface area contributed by atoms with Crippen LogP contribution in [0.3, 0.4) is 0 Å². The standard InChI is InChI=1S/C40H48O4Si2/c1-9-31-13-21-36(22-14-31)42-45(7,8)40(5,6)41-35-25-17-33(18-26-35)39(3,4)34-19-27-38(28-20-34)44-46(29-11-12-30-46)43-37-23-15-32(10-2)16-24-37/h9-10,13-28H,1-2,11-12,29-30H2,3-8H3. The summed E-state index contributed by atoms with van der Waals surface area (Å²) < 4.78 is 26.4. The van der Waals surface area contributed by atoms with E-state index in [2.05, 4.69) is 102 Å². The molecule has 240 valence electrons. The van der Waals surface area contributed by atoms with E-state index < -0.39 is 22.1 Å². The average Bonchev–Trinajstić information content (AvgIpc) is 3.49. The van der Waals surface area contributed by atoms with Gasteiger partial charge in [-0.15, -0.1) is 0 Å². The fourth-order valence-electron chi connectivity index (χ4n) is 5.79. The first kappa shape index (κ1) is 33.4. The lowest BCUT2D eigenvalue weighted by atomic mass is 9.78. The lowest BCUT2D eigenvalue weighted by Gasteiger charge is -2.39. The highest BCUT2D eigenvalue weighted by Crippen LogP contribution is 2.38. The van der Waals surface area contributed by atoms with Crippen molar-refractivity contribution >= 4 is 29.0 Å². The first-order valence-corrected chi connectivity index (χ1v) is 21.4. The normalized spacial score (nSPS) is 14.7. The van der Waals surface area contributed by atoms with Crippen LogP contribution in [0.5, 0.6) is 23.0 Å². The van der Waals surface area contributed by atoms with Gasteiger partial charge >= 0.3 is 8.56 Å². The monoisotopic (exact) mass is 648 g/mol. The largest absolute Gasteiger partial charge is 0.540 e. The second-order valence-corrected chi connectivity index (χ2v) is 21.4. The number of benzene rings is 4. The zero-order valence-corrected chi connectivity index (χ0v) is 30.3. The third-order valence-electron chi connectivity index (χ3n) is 9.55. The summed E-state index contributed by atoms with van der Waals surface area (Å²) in [5, 5.41) is -0.463. The van der Waals surface area contributed by atoms with Crippen LogP contribution in [0.2, 0.25) is 25.2 Å². The third kappa shape index (κ3) is 7.51. The van der Waals surface area contributed by atoms with E-state index in [0.29, 0.717) is 0 Å². The molecule has 6 heteroatoms. The van der Waals surface area contributed by atoms with E-state index in [0.717, 1.165) is 59.1 Å². The van der Waals surface area contributed by atoms with Crippen LogP contribution >= 0.6 is 0 Å². The van der Waals surface area contributed by atoms with Crippen molar-refractivity contribution in [2.45, 2.75) is 76.4 Å². The minimum absolute atomic E-state index is 0.201. The second-order valence-electron chi connectivity index (χ2n) is 13.8. The Labute approximate surface area is 278 Å². The summed E-state index contributed by atoms with van der Waals surface area (Å²) in [6, 6.07) is 35.3. The maximum absolute atomic E-state index is 6.70. The molecule has 0 unspecified atom stereocenters. The fraction of sp³-hybridized carbons (Fsp3) is 0.300. The molecule has 0 N–H and O–H groups in total. The molecule has 1 heterocycles. The Morgan fingerprint density at radius 1 is 0.587 bits per heavy atom. The summed E-state index contributed by atoms with van der Waals surface area (Å²) in [6.07, 6.45) is 5.98.